The fourth-order valence-corrected chi connectivity index (χ4v) is 3.38. The number of ether oxygens (including phenoxy) is 2. The monoisotopic (exact) mass is 468 g/mol. The average molecular weight is 469 g/mol. The van der Waals surface area contributed by atoms with Gasteiger partial charge in [0.05, 0.1) is 13.2 Å². The van der Waals surface area contributed by atoms with E-state index in [1.165, 1.54) is 0 Å². The van der Waals surface area contributed by atoms with E-state index in [-0.39, 0.29) is 19.8 Å². The molecule has 0 radical (unpaired) electrons. The Morgan fingerprint density at radius 1 is 0.600 bits per heavy atom. The Bertz CT molecular complexity index is 1170. The lowest BCUT2D eigenvalue weighted by molar-refractivity contribution is 0.201. The van der Waals surface area contributed by atoms with Crippen LogP contribution < -0.4 is 9.47 Å². The van der Waals surface area contributed by atoms with Crippen LogP contribution in [0.3, 0.4) is 0 Å². The van der Waals surface area contributed by atoms with E-state index in [0.717, 1.165) is 65.0 Å². The molecule has 0 saturated carbocycles. The second-order valence-corrected chi connectivity index (χ2v) is 7.98. The van der Waals surface area contributed by atoms with Crippen LogP contribution in [0, 0.1) is 23.7 Å². The van der Waals surface area contributed by atoms with E-state index in [1.807, 2.05) is 60.7 Å². The summed E-state index contributed by atoms with van der Waals surface area (Å²) in [6.07, 6.45) is 3.60. The van der Waals surface area contributed by atoms with E-state index in [1.54, 1.807) is 0 Å². The zero-order valence-corrected chi connectivity index (χ0v) is 20.2. The van der Waals surface area contributed by atoms with Crippen LogP contribution in [0.25, 0.3) is 0 Å². The number of hydrogen-bond acceptors (Lipinski definition) is 4. The van der Waals surface area contributed by atoms with Crippen molar-refractivity contribution in [2.45, 2.75) is 32.6 Å². The second-order valence-electron chi connectivity index (χ2n) is 7.98. The van der Waals surface area contributed by atoms with E-state index in [4.69, 9.17) is 19.7 Å². The van der Waals surface area contributed by atoms with Crippen molar-refractivity contribution in [2.24, 2.45) is 0 Å². The molecule has 0 aliphatic rings. The molecule has 180 valence electrons. The molecule has 3 aromatic carbocycles. The lowest BCUT2D eigenvalue weighted by atomic mass is 10.0. The Labute approximate surface area is 208 Å². The number of rotatable bonds is 10. The minimum absolute atomic E-state index is 0.00372. The molecule has 4 heteroatoms. The summed E-state index contributed by atoms with van der Waals surface area (Å²) in [4.78, 5) is 0. The average Bonchev–Trinajstić information content (AvgIpc) is 2.91. The van der Waals surface area contributed by atoms with E-state index >= 15 is 0 Å². The normalized spacial score (nSPS) is 10.0. The van der Waals surface area contributed by atoms with Crippen molar-refractivity contribution < 1.29 is 19.7 Å². The third-order valence-electron chi connectivity index (χ3n) is 5.32. The van der Waals surface area contributed by atoms with E-state index in [0.29, 0.717) is 6.61 Å². The molecular weight excluding hydrogens is 436 g/mol. The van der Waals surface area contributed by atoms with Gasteiger partial charge in [-0.15, -0.1) is 0 Å². The lowest BCUT2D eigenvalue weighted by Gasteiger charge is -2.05. The van der Waals surface area contributed by atoms with Gasteiger partial charge in [-0.25, -0.2) is 0 Å². The molecule has 0 heterocycles. The van der Waals surface area contributed by atoms with Gasteiger partial charge < -0.3 is 19.7 Å². The summed E-state index contributed by atoms with van der Waals surface area (Å²) in [7, 11) is 0. The van der Waals surface area contributed by atoms with Crippen LogP contribution in [0.2, 0.25) is 0 Å². The van der Waals surface area contributed by atoms with Crippen LogP contribution in [0.15, 0.2) is 66.7 Å². The first-order valence-corrected chi connectivity index (χ1v) is 12.1. The van der Waals surface area contributed by atoms with Crippen molar-refractivity contribution in [3.8, 4) is 35.2 Å². The Hall–Kier alpha value is -3.70. The third kappa shape index (κ3) is 8.87. The van der Waals surface area contributed by atoms with Crippen LogP contribution in [0.4, 0.5) is 0 Å². The predicted octanol–water partition coefficient (Wildman–Crippen LogP) is 4.96. The maximum absolute atomic E-state index is 8.84. The van der Waals surface area contributed by atoms with Gasteiger partial charge in [-0.05, 0) is 98.0 Å². The Balaban J connectivity index is 1.62. The highest BCUT2D eigenvalue weighted by atomic mass is 16.5. The van der Waals surface area contributed by atoms with Gasteiger partial charge in [-0.1, -0.05) is 30.6 Å². The maximum atomic E-state index is 8.84. The summed E-state index contributed by atoms with van der Waals surface area (Å²) in [5.74, 6) is 14.5. The molecule has 0 fully saturated rings. The Kier molecular flexibility index (Phi) is 10.8. The van der Waals surface area contributed by atoms with Crippen molar-refractivity contribution in [2.75, 3.05) is 26.4 Å². The smallest absolute Gasteiger partial charge is 0.119 e. The van der Waals surface area contributed by atoms with Crippen LogP contribution in [-0.2, 0) is 6.42 Å². The first-order valence-electron chi connectivity index (χ1n) is 12.1. The first-order chi connectivity index (χ1) is 17.2. The standard InChI is InChI=1S/C31H32O4/c1-2-28-24-27(7-6-25-10-16-30(17-11-25)34-22-5-3-4-20-32)9-15-29(28)14-8-26-12-18-31(19-13-26)35-23-21-33/h9-13,15-19,24,32-33H,2-5,20-23H2,1H3. The summed E-state index contributed by atoms with van der Waals surface area (Å²) in [6.45, 7) is 3.29. The van der Waals surface area contributed by atoms with Crippen molar-refractivity contribution in [3.63, 3.8) is 0 Å². The molecule has 0 bridgehead atoms. The number of aryl methyl sites for hydroxylation is 1. The number of aliphatic hydroxyl groups excluding tert-OH is 2. The molecule has 0 saturated heterocycles. The van der Waals surface area contributed by atoms with Crippen LogP contribution >= 0.6 is 0 Å². The molecule has 0 unspecified atom stereocenters. The molecule has 35 heavy (non-hydrogen) atoms. The van der Waals surface area contributed by atoms with E-state index < -0.39 is 0 Å². The highest BCUT2D eigenvalue weighted by Gasteiger charge is 2.00. The largest absolute Gasteiger partial charge is 0.494 e. The van der Waals surface area contributed by atoms with Gasteiger partial charge in [-0.2, -0.15) is 0 Å². The third-order valence-corrected chi connectivity index (χ3v) is 5.32. The van der Waals surface area contributed by atoms with Crippen LogP contribution in [0.5, 0.6) is 11.5 Å². The molecule has 0 aliphatic carbocycles. The highest BCUT2D eigenvalue weighted by Crippen LogP contribution is 2.15. The molecule has 4 nitrogen and oxygen atoms in total. The summed E-state index contributed by atoms with van der Waals surface area (Å²) in [5, 5.41) is 17.7. The van der Waals surface area contributed by atoms with Gasteiger partial charge in [0.1, 0.15) is 18.1 Å². The number of aliphatic hydroxyl groups is 2. The quantitative estimate of drug-likeness (QED) is 0.326. The Morgan fingerprint density at radius 3 is 1.77 bits per heavy atom. The summed E-state index contributed by atoms with van der Waals surface area (Å²) in [6, 6.07) is 21.5. The molecule has 0 atom stereocenters. The van der Waals surface area contributed by atoms with E-state index in [9.17, 15) is 0 Å². The van der Waals surface area contributed by atoms with Gasteiger partial charge >= 0.3 is 0 Å². The van der Waals surface area contributed by atoms with Gasteiger partial charge in [0.15, 0.2) is 0 Å². The molecule has 0 amide bonds. The molecule has 3 aromatic rings. The van der Waals surface area contributed by atoms with Gasteiger partial charge in [-0.3, -0.25) is 0 Å². The van der Waals surface area contributed by atoms with Crippen molar-refractivity contribution in [1.82, 2.24) is 0 Å². The number of hydrogen-bond donors (Lipinski definition) is 2. The zero-order chi connectivity index (χ0) is 24.7. The first kappa shape index (κ1) is 25.9. The molecule has 3 rings (SSSR count). The van der Waals surface area contributed by atoms with Gasteiger partial charge in [0.25, 0.3) is 0 Å². The predicted molar refractivity (Wildman–Crippen MR) is 140 cm³/mol. The van der Waals surface area contributed by atoms with Crippen LogP contribution in [0.1, 0.15) is 54.0 Å². The molecule has 2 N–H and O–H groups in total. The fraction of sp³-hybridized carbons (Fsp3) is 0.290. The summed E-state index contributed by atoms with van der Waals surface area (Å²) < 4.78 is 11.1. The highest BCUT2D eigenvalue weighted by molar-refractivity contribution is 5.52. The Morgan fingerprint density at radius 2 is 1.17 bits per heavy atom. The molecule has 0 spiro atoms. The van der Waals surface area contributed by atoms with Crippen LogP contribution in [-0.4, -0.2) is 36.6 Å². The summed E-state index contributed by atoms with van der Waals surface area (Å²) in [5.41, 5.74) is 4.97. The minimum Gasteiger partial charge on any atom is -0.494 e. The van der Waals surface area contributed by atoms with Crippen molar-refractivity contribution in [3.05, 3.63) is 94.5 Å². The minimum atomic E-state index is -0.00372. The van der Waals surface area contributed by atoms with Gasteiger partial charge in [0.2, 0.25) is 0 Å². The zero-order valence-electron chi connectivity index (χ0n) is 20.2. The van der Waals surface area contributed by atoms with E-state index in [2.05, 4.69) is 36.7 Å². The molecular formula is C31H32O4. The lowest BCUT2D eigenvalue weighted by Crippen LogP contribution is -2.01. The number of unbranched alkanes of at least 4 members (excludes halogenated alkanes) is 2. The van der Waals surface area contributed by atoms with Gasteiger partial charge in [0, 0.05) is 28.9 Å². The molecule has 0 aliphatic heterocycles. The fourth-order valence-electron chi connectivity index (χ4n) is 3.38. The van der Waals surface area contributed by atoms with Crippen molar-refractivity contribution in [1.29, 1.82) is 0 Å². The van der Waals surface area contributed by atoms with Crippen molar-refractivity contribution >= 4 is 0 Å². The SMILES string of the molecule is CCc1cc(C#Cc2ccc(OCCCCCO)cc2)ccc1C#Cc1ccc(OCCO)cc1. The summed E-state index contributed by atoms with van der Waals surface area (Å²) >= 11 is 0. The maximum Gasteiger partial charge on any atom is 0.119 e. The number of benzene rings is 3. The molecule has 0 aromatic heterocycles. The second kappa shape index (κ2) is 14.5. The topological polar surface area (TPSA) is 58.9 Å².